The van der Waals surface area contributed by atoms with Crippen molar-refractivity contribution >= 4 is 11.8 Å². The van der Waals surface area contributed by atoms with Gasteiger partial charge in [-0.15, -0.1) is 0 Å². The largest absolute Gasteiger partial charge is 0.467 e. The van der Waals surface area contributed by atoms with Crippen molar-refractivity contribution in [2.45, 2.75) is 25.9 Å². The van der Waals surface area contributed by atoms with E-state index in [0.29, 0.717) is 32.5 Å². The maximum absolute atomic E-state index is 13.0. The van der Waals surface area contributed by atoms with Crippen LogP contribution in [0.25, 0.3) is 0 Å². The standard InChI is InChI=1S/C23H29N3O4/c27-22(24-16-21-5-2-12-30-21)19-6-8-26(9-7-19)23(28)20-4-1-3-18(15-20)17-25-10-13-29-14-11-25/h1-5,12,15,19H,6-11,13-14,16-17H2,(H,24,27). The highest BCUT2D eigenvalue weighted by atomic mass is 16.5. The SMILES string of the molecule is O=C(NCc1ccco1)C1CCN(C(=O)c2cccc(CN3CCOCC3)c2)CC1. The van der Waals surface area contributed by atoms with E-state index in [2.05, 4.69) is 16.3 Å². The van der Waals surface area contributed by atoms with E-state index >= 15 is 0 Å². The Kier molecular flexibility index (Phi) is 6.81. The van der Waals surface area contributed by atoms with Crippen molar-refractivity contribution in [1.29, 1.82) is 0 Å². The number of carbonyl (C=O) groups is 2. The molecule has 0 saturated carbocycles. The number of ether oxygens (including phenoxy) is 1. The number of hydrogen-bond donors (Lipinski definition) is 1. The number of furan rings is 1. The van der Waals surface area contributed by atoms with Gasteiger partial charge in [-0.3, -0.25) is 14.5 Å². The number of morpholine rings is 1. The second-order valence-electron chi connectivity index (χ2n) is 7.95. The normalized spacial score (nSPS) is 18.3. The zero-order valence-corrected chi connectivity index (χ0v) is 17.2. The van der Waals surface area contributed by atoms with Gasteiger partial charge in [0.15, 0.2) is 0 Å². The molecule has 0 bridgehead atoms. The van der Waals surface area contributed by atoms with Gasteiger partial charge in [-0.25, -0.2) is 0 Å². The molecule has 7 heteroatoms. The highest BCUT2D eigenvalue weighted by Crippen LogP contribution is 2.20. The zero-order valence-electron chi connectivity index (χ0n) is 17.2. The third-order valence-electron chi connectivity index (χ3n) is 5.85. The van der Waals surface area contributed by atoms with Crippen LogP contribution in [0.1, 0.15) is 34.5 Å². The molecule has 0 spiro atoms. The first-order valence-electron chi connectivity index (χ1n) is 10.7. The Labute approximate surface area is 177 Å². The summed E-state index contributed by atoms with van der Waals surface area (Å²) in [5.74, 6) is 0.767. The first kappa shape index (κ1) is 20.6. The highest BCUT2D eigenvalue weighted by Gasteiger charge is 2.28. The third-order valence-corrected chi connectivity index (χ3v) is 5.85. The van der Waals surface area contributed by atoms with Gasteiger partial charge in [0.1, 0.15) is 5.76 Å². The van der Waals surface area contributed by atoms with E-state index in [9.17, 15) is 9.59 Å². The van der Waals surface area contributed by atoms with Gasteiger partial charge in [0.2, 0.25) is 5.91 Å². The predicted molar refractivity (Wildman–Crippen MR) is 112 cm³/mol. The first-order valence-corrected chi connectivity index (χ1v) is 10.7. The fraction of sp³-hybridized carbons (Fsp3) is 0.478. The number of nitrogens with one attached hydrogen (secondary N) is 1. The quantitative estimate of drug-likeness (QED) is 0.789. The molecule has 2 aliphatic heterocycles. The Morgan fingerprint density at radius 3 is 2.57 bits per heavy atom. The van der Waals surface area contributed by atoms with Crippen molar-refractivity contribution in [1.82, 2.24) is 15.1 Å². The van der Waals surface area contributed by atoms with Crippen molar-refractivity contribution in [2.75, 3.05) is 39.4 Å². The molecule has 2 saturated heterocycles. The van der Waals surface area contributed by atoms with Gasteiger partial charge >= 0.3 is 0 Å². The molecule has 160 valence electrons. The van der Waals surface area contributed by atoms with E-state index in [1.165, 1.54) is 0 Å². The highest BCUT2D eigenvalue weighted by molar-refractivity contribution is 5.94. The Hall–Kier alpha value is -2.64. The number of rotatable bonds is 6. The molecule has 2 fully saturated rings. The summed E-state index contributed by atoms with van der Waals surface area (Å²) < 4.78 is 10.7. The molecule has 0 atom stereocenters. The van der Waals surface area contributed by atoms with Crippen molar-refractivity contribution in [2.24, 2.45) is 5.92 Å². The lowest BCUT2D eigenvalue weighted by Crippen LogP contribution is -2.43. The summed E-state index contributed by atoms with van der Waals surface area (Å²) in [6.07, 6.45) is 2.97. The van der Waals surface area contributed by atoms with Crippen LogP contribution < -0.4 is 5.32 Å². The summed E-state index contributed by atoms with van der Waals surface area (Å²) >= 11 is 0. The van der Waals surface area contributed by atoms with Gasteiger partial charge in [0.25, 0.3) is 5.91 Å². The monoisotopic (exact) mass is 411 g/mol. The van der Waals surface area contributed by atoms with Gasteiger partial charge < -0.3 is 19.4 Å². The summed E-state index contributed by atoms with van der Waals surface area (Å²) in [4.78, 5) is 29.6. The molecule has 1 N–H and O–H groups in total. The lowest BCUT2D eigenvalue weighted by molar-refractivity contribution is -0.126. The molecule has 1 aromatic heterocycles. The van der Waals surface area contributed by atoms with Gasteiger partial charge in [-0.1, -0.05) is 12.1 Å². The lowest BCUT2D eigenvalue weighted by Gasteiger charge is -2.31. The third kappa shape index (κ3) is 5.29. The zero-order chi connectivity index (χ0) is 20.8. The van der Waals surface area contributed by atoms with Crippen LogP contribution in [0.2, 0.25) is 0 Å². The van der Waals surface area contributed by atoms with Crippen LogP contribution >= 0.6 is 0 Å². The fourth-order valence-corrected chi connectivity index (χ4v) is 4.08. The Morgan fingerprint density at radius 1 is 1.03 bits per heavy atom. The lowest BCUT2D eigenvalue weighted by atomic mass is 9.95. The van der Waals surface area contributed by atoms with Gasteiger partial charge in [0.05, 0.1) is 26.0 Å². The Morgan fingerprint density at radius 2 is 1.83 bits per heavy atom. The second-order valence-corrected chi connectivity index (χ2v) is 7.95. The maximum Gasteiger partial charge on any atom is 0.253 e. The summed E-state index contributed by atoms with van der Waals surface area (Å²) in [6.45, 7) is 5.83. The number of piperidine rings is 1. The van der Waals surface area contributed by atoms with E-state index in [0.717, 1.165) is 49.7 Å². The molecule has 2 aromatic rings. The smallest absolute Gasteiger partial charge is 0.253 e. The Bertz CT molecular complexity index is 838. The average Bonchev–Trinajstić information content (AvgIpc) is 3.32. The predicted octanol–water partition coefficient (Wildman–Crippen LogP) is 2.28. The van der Waals surface area contributed by atoms with Gasteiger partial charge in [0, 0.05) is 44.2 Å². The number of nitrogens with zero attached hydrogens (tertiary/aromatic N) is 2. The molecule has 4 rings (SSSR count). The van der Waals surface area contributed by atoms with Crippen LogP contribution in [0, 0.1) is 5.92 Å². The van der Waals surface area contributed by atoms with E-state index < -0.39 is 0 Å². The van der Waals surface area contributed by atoms with Crippen LogP contribution in [-0.4, -0.2) is 61.0 Å². The molecule has 3 heterocycles. The van der Waals surface area contributed by atoms with Crippen LogP contribution in [0.4, 0.5) is 0 Å². The summed E-state index contributed by atoms with van der Waals surface area (Å²) in [5.41, 5.74) is 1.87. The molecule has 0 radical (unpaired) electrons. The first-order chi connectivity index (χ1) is 14.7. The van der Waals surface area contributed by atoms with Gasteiger partial charge in [-0.2, -0.15) is 0 Å². The molecule has 0 unspecified atom stereocenters. The second kappa shape index (κ2) is 9.91. The van der Waals surface area contributed by atoms with E-state index in [1.54, 1.807) is 6.26 Å². The average molecular weight is 412 g/mol. The number of carbonyl (C=O) groups excluding carboxylic acids is 2. The van der Waals surface area contributed by atoms with Crippen LogP contribution in [-0.2, 0) is 22.6 Å². The Balaban J connectivity index is 1.27. The molecule has 7 nitrogen and oxygen atoms in total. The van der Waals surface area contributed by atoms with E-state index in [4.69, 9.17) is 9.15 Å². The van der Waals surface area contributed by atoms with Crippen LogP contribution in [0.5, 0.6) is 0 Å². The summed E-state index contributed by atoms with van der Waals surface area (Å²) in [5, 5.41) is 2.93. The molecule has 0 aliphatic carbocycles. The van der Waals surface area contributed by atoms with Crippen molar-refractivity contribution in [3.8, 4) is 0 Å². The van der Waals surface area contributed by atoms with Crippen molar-refractivity contribution in [3.63, 3.8) is 0 Å². The number of likely N-dealkylation sites (tertiary alicyclic amines) is 1. The van der Waals surface area contributed by atoms with E-state index in [-0.39, 0.29) is 17.7 Å². The molecule has 30 heavy (non-hydrogen) atoms. The molecular weight excluding hydrogens is 382 g/mol. The molecular formula is C23H29N3O4. The topological polar surface area (TPSA) is 75.0 Å². The minimum Gasteiger partial charge on any atom is -0.467 e. The van der Waals surface area contributed by atoms with Crippen molar-refractivity contribution in [3.05, 3.63) is 59.5 Å². The molecule has 2 amide bonds. The number of hydrogen-bond acceptors (Lipinski definition) is 5. The maximum atomic E-state index is 13.0. The summed E-state index contributed by atoms with van der Waals surface area (Å²) in [6, 6.07) is 11.6. The van der Waals surface area contributed by atoms with Crippen LogP contribution in [0.15, 0.2) is 47.1 Å². The van der Waals surface area contributed by atoms with Crippen LogP contribution in [0.3, 0.4) is 0 Å². The van der Waals surface area contributed by atoms with E-state index in [1.807, 2.05) is 35.2 Å². The number of amides is 2. The number of benzene rings is 1. The van der Waals surface area contributed by atoms with Crippen molar-refractivity contribution < 1.29 is 18.7 Å². The molecule has 2 aliphatic rings. The minimum absolute atomic E-state index is 0.0333. The molecule has 1 aromatic carbocycles. The summed E-state index contributed by atoms with van der Waals surface area (Å²) in [7, 11) is 0. The van der Waals surface area contributed by atoms with Gasteiger partial charge in [-0.05, 0) is 42.7 Å². The fourth-order valence-electron chi connectivity index (χ4n) is 4.08. The minimum atomic E-state index is -0.0586.